The van der Waals surface area contributed by atoms with Crippen molar-refractivity contribution in [2.75, 3.05) is 36.0 Å². The molecular weight excluding hydrogens is 902 g/mol. The Morgan fingerprint density at radius 3 is 2.15 bits per heavy atom. The molecule has 3 atom stereocenters. The number of alkyl halides is 8. The van der Waals surface area contributed by atoms with Crippen LogP contribution in [-0.4, -0.2) is 57.7 Å². The lowest BCUT2D eigenvalue weighted by Crippen LogP contribution is -2.46. The molecule has 336 valence electrons. The Bertz CT molecular complexity index is 2950. The molecule has 4 heterocycles. The highest BCUT2D eigenvalue weighted by atomic mass is 32.1. The molecule has 0 saturated carbocycles. The smallest absolute Gasteiger partial charge is 0.368 e. The number of nitrogens with zero attached hydrogens (tertiary/aromatic N) is 6. The summed E-state index contributed by atoms with van der Waals surface area (Å²) >= 11 is 1.16. The molecule has 3 aromatic heterocycles. The Morgan fingerprint density at radius 1 is 0.862 bits per heavy atom. The summed E-state index contributed by atoms with van der Waals surface area (Å²) in [4.78, 5) is 39.5. The monoisotopic (exact) mass is 930 g/mol. The number of fused-ring (bicyclic) bond motifs is 4. The van der Waals surface area contributed by atoms with Gasteiger partial charge in [0, 0.05) is 49.1 Å². The minimum atomic E-state index is -5.18. The predicted molar refractivity (Wildman–Crippen MR) is 213 cm³/mol. The van der Waals surface area contributed by atoms with Crippen molar-refractivity contribution >= 4 is 44.3 Å². The highest BCUT2D eigenvalue weighted by molar-refractivity contribution is 7.22. The Morgan fingerprint density at radius 2 is 1.54 bits per heavy atom. The summed E-state index contributed by atoms with van der Waals surface area (Å²) in [5.41, 5.74) is 1.27. The molecule has 0 bridgehead atoms. The zero-order valence-electron chi connectivity index (χ0n) is 33.0. The van der Waals surface area contributed by atoms with E-state index in [4.69, 9.17) is 15.7 Å². The van der Waals surface area contributed by atoms with Gasteiger partial charge in [-0.1, -0.05) is 29.2 Å². The number of benzene rings is 3. The van der Waals surface area contributed by atoms with Gasteiger partial charge in [0.1, 0.15) is 35.6 Å². The number of halogens is 11. The first-order valence-corrected chi connectivity index (χ1v) is 20.4. The first kappa shape index (κ1) is 43.5. The highest BCUT2D eigenvalue weighted by Gasteiger charge is 2.62. The Labute approximate surface area is 363 Å². The number of rotatable bonds is 10. The van der Waals surface area contributed by atoms with E-state index in [1.165, 1.54) is 18.2 Å². The second kappa shape index (κ2) is 15.7. The van der Waals surface area contributed by atoms with E-state index in [1.54, 1.807) is 6.07 Å². The first-order chi connectivity index (χ1) is 30.6. The molecule has 1 saturated heterocycles. The minimum Gasteiger partial charge on any atom is -0.368 e. The highest BCUT2D eigenvalue weighted by Crippen LogP contribution is 2.58. The van der Waals surface area contributed by atoms with Crippen LogP contribution in [0.3, 0.4) is 0 Å². The molecule has 10 nitrogen and oxygen atoms in total. The molecule has 9 rings (SSSR count). The van der Waals surface area contributed by atoms with Crippen LogP contribution in [0.1, 0.15) is 56.1 Å². The molecule has 0 unspecified atom stereocenters. The summed E-state index contributed by atoms with van der Waals surface area (Å²) in [7, 11) is 0. The maximum absolute atomic E-state index is 15.6. The number of piperazine rings is 1. The number of aromatic nitrogens is 4. The van der Waals surface area contributed by atoms with E-state index in [9.17, 15) is 49.1 Å². The quantitative estimate of drug-likeness (QED) is 0.105. The van der Waals surface area contributed by atoms with E-state index in [1.807, 2.05) is 9.80 Å². The van der Waals surface area contributed by atoms with E-state index in [2.05, 4.69) is 22.3 Å². The van der Waals surface area contributed by atoms with Crippen LogP contribution in [0.15, 0.2) is 66.7 Å². The van der Waals surface area contributed by atoms with Crippen LogP contribution in [0.4, 0.5) is 59.1 Å². The zero-order valence-corrected chi connectivity index (χ0v) is 33.8. The van der Waals surface area contributed by atoms with Crippen molar-refractivity contribution < 1.29 is 57.9 Å². The van der Waals surface area contributed by atoms with Crippen molar-refractivity contribution in [3.63, 3.8) is 0 Å². The van der Waals surface area contributed by atoms with E-state index in [0.717, 1.165) is 47.7 Å². The maximum atomic E-state index is 15.6. The largest absolute Gasteiger partial charge is 0.435 e. The second-order valence-corrected chi connectivity index (χ2v) is 16.6. The maximum Gasteiger partial charge on any atom is 0.435 e. The lowest BCUT2D eigenvalue weighted by atomic mass is 9.84. The molecule has 1 aliphatic heterocycles. The molecule has 65 heavy (non-hydrogen) atoms. The fourth-order valence-electron chi connectivity index (χ4n) is 8.34. The van der Waals surface area contributed by atoms with Crippen LogP contribution in [0, 0.1) is 35.2 Å². The number of thiazole rings is 1. The van der Waals surface area contributed by atoms with Gasteiger partial charge in [0.25, 0.3) is 5.91 Å². The molecule has 2 aliphatic carbocycles. The van der Waals surface area contributed by atoms with E-state index in [-0.39, 0.29) is 32.7 Å². The van der Waals surface area contributed by atoms with Crippen LogP contribution in [0.2, 0.25) is 0 Å². The summed E-state index contributed by atoms with van der Waals surface area (Å²) < 4.78 is 158. The van der Waals surface area contributed by atoms with Gasteiger partial charge in [0.2, 0.25) is 5.91 Å². The molecule has 6 aromatic rings. The van der Waals surface area contributed by atoms with Crippen molar-refractivity contribution in [2.24, 2.45) is 11.7 Å². The van der Waals surface area contributed by atoms with Gasteiger partial charge in [-0.3, -0.25) is 14.3 Å². The molecular formula is C43H29F11N8O2S. The average molecular weight is 931 g/mol. The van der Waals surface area contributed by atoms with Crippen molar-refractivity contribution in [1.29, 1.82) is 0 Å². The number of hydrogen-bond donors (Lipinski definition) is 2. The van der Waals surface area contributed by atoms with Gasteiger partial charge in [0.05, 0.1) is 33.5 Å². The van der Waals surface area contributed by atoms with Gasteiger partial charge in [-0.2, -0.15) is 45.2 Å². The molecule has 2 amide bonds. The summed E-state index contributed by atoms with van der Waals surface area (Å²) in [6.45, 7) is 0.327. The number of pyridine rings is 1. The van der Waals surface area contributed by atoms with Gasteiger partial charge in [-0.05, 0) is 72.1 Å². The Kier molecular flexibility index (Phi) is 10.5. The van der Waals surface area contributed by atoms with Crippen molar-refractivity contribution in [1.82, 2.24) is 25.1 Å². The van der Waals surface area contributed by atoms with Crippen LogP contribution in [0.25, 0.3) is 21.5 Å². The third-order valence-electron chi connectivity index (χ3n) is 11.4. The SMILES string of the molecule is NC(=O)c1cc(-c2cc3sc(N4CCN(c5ccc(C(F)(F)F)cc5)CC4)nc3nc2[C@H](Cc2cc(F)cc(F)c2)NC(=O)Cn2nc(C(F)(F)F)c3c2C(F)(F)[C@@H]2C#C[C@H]32)ccc1F. The molecule has 0 radical (unpaired) electrons. The van der Waals surface area contributed by atoms with Gasteiger partial charge in [-0.15, -0.1) is 0 Å². The average Bonchev–Trinajstić information content (AvgIpc) is 3.85. The number of nitrogens with two attached hydrogens (primary N) is 1. The summed E-state index contributed by atoms with van der Waals surface area (Å²) in [6.07, 6.45) is -10.1. The fraction of sp³-hybridized carbons (Fsp3) is 0.279. The topological polar surface area (TPSA) is 122 Å². The Hall–Kier alpha value is -6.76. The minimum absolute atomic E-state index is 0.0537. The van der Waals surface area contributed by atoms with Crippen molar-refractivity contribution in [3.8, 4) is 23.0 Å². The molecule has 3 aromatic carbocycles. The van der Waals surface area contributed by atoms with Crippen molar-refractivity contribution in [2.45, 2.75) is 43.2 Å². The summed E-state index contributed by atoms with van der Waals surface area (Å²) in [6, 6.07) is 10.6. The lowest BCUT2D eigenvalue weighted by molar-refractivity contribution is -0.142. The van der Waals surface area contributed by atoms with Gasteiger partial charge >= 0.3 is 18.3 Å². The molecule has 3 aliphatic rings. The number of primary amides is 1. The predicted octanol–water partition coefficient (Wildman–Crippen LogP) is 8.36. The lowest BCUT2D eigenvalue weighted by Gasteiger charge is -2.36. The fourth-order valence-corrected chi connectivity index (χ4v) is 9.34. The van der Waals surface area contributed by atoms with Gasteiger partial charge in [-0.25, -0.2) is 18.2 Å². The summed E-state index contributed by atoms with van der Waals surface area (Å²) in [5.74, 6) is -7.91. The third kappa shape index (κ3) is 8.06. The third-order valence-corrected chi connectivity index (χ3v) is 12.4. The normalized spacial score (nSPS) is 18.1. The molecule has 3 N–H and O–H groups in total. The number of carbonyl (C=O) groups is 2. The number of nitrogens with one attached hydrogen (secondary N) is 1. The second-order valence-electron chi connectivity index (χ2n) is 15.6. The van der Waals surface area contributed by atoms with Crippen LogP contribution >= 0.6 is 11.3 Å². The van der Waals surface area contributed by atoms with Crippen molar-refractivity contribution in [3.05, 3.63) is 124 Å². The molecule has 1 fully saturated rings. The van der Waals surface area contributed by atoms with E-state index >= 15 is 8.78 Å². The van der Waals surface area contributed by atoms with Gasteiger partial charge in [0.15, 0.2) is 16.5 Å². The van der Waals surface area contributed by atoms with Crippen LogP contribution in [-0.2, 0) is 36.0 Å². The standard InChI is InChI=1S/C43H29F11N8O2S/c44-23-13-20(14-24(45)17-23)15-31(56-33(63)19-62-37-34(36(59-62)43(52,53)54)26-6-7-29(26)41(37,47)48)35-27(21-1-8-30(46)28(16-21)38(55)64)18-32-39(57-35)58-40(65-32)61-11-9-60(10-12-61)25-4-2-22(3-5-25)42(49,50)51/h1-5,8,13-14,16-18,26,29,31H,9-12,15,19H2,(H2,55,64)(H,56,63)/t26-,29+,31-/m0/s1. The van der Waals surface area contributed by atoms with Crippen LogP contribution < -0.4 is 20.9 Å². The number of carbonyl (C=O) groups excluding carboxylic acids is 2. The van der Waals surface area contributed by atoms with Crippen LogP contribution in [0.5, 0.6) is 0 Å². The first-order valence-electron chi connectivity index (χ1n) is 19.6. The molecule has 22 heteroatoms. The Balaban J connectivity index is 1.09. The number of amides is 2. The summed E-state index contributed by atoms with van der Waals surface area (Å²) in [5, 5.41) is 6.41. The van der Waals surface area contributed by atoms with E-state index in [0.29, 0.717) is 47.8 Å². The van der Waals surface area contributed by atoms with Gasteiger partial charge < -0.3 is 20.9 Å². The van der Waals surface area contributed by atoms with E-state index < -0.39 is 106 Å². The number of hydrogen-bond acceptors (Lipinski definition) is 8. The number of anilines is 2. The molecule has 0 spiro atoms. The zero-order chi connectivity index (χ0) is 46.3.